The van der Waals surface area contributed by atoms with Gasteiger partial charge in [0.15, 0.2) is 0 Å². The van der Waals surface area contributed by atoms with Gasteiger partial charge < -0.3 is 0 Å². The number of rotatable bonds is 3. The normalized spacial score (nSPS) is 10.7. The number of pyridine rings is 2. The Labute approximate surface area is 185 Å². The number of hydrogen-bond donors (Lipinski definition) is 0. The summed E-state index contributed by atoms with van der Waals surface area (Å²) in [5, 5.41) is 1.11. The third-order valence-electron chi connectivity index (χ3n) is 4.82. The molecule has 5 nitrogen and oxygen atoms in total. The van der Waals surface area contributed by atoms with Crippen LogP contribution < -0.4 is 5.56 Å². The molecule has 160 valence electrons. The van der Waals surface area contributed by atoms with E-state index >= 15 is 0 Å². The molecule has 0 unspecified atom stereocenters. The Bertz CT molecular complexity index is 1320. The van der Waals surface area contributed by atoms with Gasteiger partial charge >= 0.3 is 0 Å². The van der Waals surface area contributed by atoms with Gasteiger partial charge in [0.25, 0.3) is 5.56 Å². The van der Waals surface area contributed by atoms with Crippen molar-refractivity contribution in [2.45, 2.75) is 41.2 Å². The lowest BCUT2D eigenvalue weighted by atomic mass is 10.0. The summed E-state index contributed by atoms with van der Waals surface area (Å²) in [7, 11) is 0. The predicted molar refractivity (Wildman–Crippen MR) is 124 cm³/mol. The molecule has 1 aromatic carbocycles. The second-order valence-electron chi connectivity index (χ2n) is 6.79. The zero-order chi connectivity index (χ0) is 22.7. The number of fused-ring (bicyclic) bond motifs is 1. The summed E-state index contributed by atoms with van der Waals surface area (Å²) in [6.07, 6.45) is 1.70. The highest BCUT2D eigenvalue weighted by Gasteiger charge is 2.16. The average Bonchev–Trinajstić information content (AvgIpc) is 2.75. The van der Waals surface area contributed by atoms with Crippen molar-refractivity contribution in [3.63, 3.8) is 0 Å². The fourth-order valence-corrected chi connectivity index (χ4v) is 3.65. The Hall–Kier alpha value is -3.12. The van der Waals surface area contributed by atoms with E-state index in [0.29, 0.717) is 51.0 Å². The van der Waals surface area contributed by atoms with Crippen molar-refractivity contribution in [2.24, 2.45) is 0 Å². The highest BCUT2D eigenvalue weighted by atomic mass is 35.5. The largest absolute Gasteiger partial charge is 0.292 e. The van der Waals surface area contributed by atoms with E-state index in [1.807, 2.05) is 20.8 Å². The standard InChI is InChI=1S/C22H18ClFN4O.C2H6/c1-4-28-21-15(11-25-13(3)27-21)9-18(22(28)29)17-8-6-14(10-19(17)23)16-7-5-12(2)26-20(16)24;1-2/h5-11H,4H2,1-3H3;1-2H3. The van der Waals surface area contributed by atoms with Crippen LogP contribution >= 0.6 is 11.6 Å². The first-order chi connectivity index (χ1) is 14.9. The first-order valence-electron chi connectivity index (χ1n) is 10.2. The van der Waals surface area contributed by atoms with Crippen molar-refractivity contribution in [1.29, 1.82) is 0 Å². The Morgan fingerprint density at radius 1 is 1.00 bits per heavy atom. The lowest BCUT2D eigenvalue weighted by Crippen LogP contribution is -2.22. The lowest BCUT2D eigenvalue weighted by molar-refractivity contribution is 0.584. The van der Waals surface area contributed by atoms with Gasteiger partial charge in [-0.25, -0.2) is 15.0 Å². The SMILES string of the molecule is CC.CCn1c(=O)c(-c2ccc(-c3ccc(C)nc3F)cc2Cl)cc2cnc(C)nc21. The van der Waals surface area contributed by atoms with E-state index in [9.17, 15) is 9.18 Å². The van der Waals surface area contributed by atoms with Crippen LogP contribution in [-0.4, -0.2) is 19.5 Å². The molecule has 4 aromatic rings. The molecule has 0 bridgehead atoms. The second-order valence-corrected chi connectivity index (χ2v) is 7.20. The van der Waals surface area contributed by atoms with Gasteiger partial charge in [0, 0.05) is 45.5 Å². The minimum atomic E-state index is -0.555. The number of aromatic nitrogens is 4. The van der Waals surface area contributed by atoms with Crippen molar-refractivity contribution >= 4 is 22.6 Å². The topological polar surface area (TPSA) is 60.7 Å². The summed E-state index contributed by atoms with van der Waals surface area (Å²) in [6, 6.07) is 10.3. The van der Waals surface area contributed by atoms with E-state index in [-0.39, 0.29) is 5.56 Å². The fourth-order valence-electron chi connectivity index (χ4n) is 3.37. The van der Waals surface area contributed by atoms with Gasteiger partial charge in [0.2, 0.25) is 5.95 Å². The minimum Gasteiger partial charge on any atom is -0.292 e. The molecule has 0 aliphatic heterocycles. The molecule has 7 heteroatoms. The number of aryl methyl sites for hydroxylation is 3. The van der Waals surface area contributed by atoms with Crippen LogP contribution in [0.1, 0.15) is 32.3 Å². The maximum Gasteiger partial charge on any atom is 0.260 e. The Morgan fingerprint density at radius 3 is 2.35 bits per heavy atom. The molecule has 0 N–H and O–H groups in total. The summed E-state index contributed by atoms with van der Waals surface area (Å²) in [4.78, 5) is 25.6. The van der Waals surface area contributed by atoms with Gasteiger partial charge in [0.1, 0.15) is 11.5 Å². The van der Waals surface area contributed by atoms with Crippen LogP contribution in [0.5, 0.6) is 0 Å². The van der Waals surface area contributed by atoms with Crippen molar-refractivity contribution in [1.82, 2.24) is 19.5 Å². The number of halogens is 2. The Kier molecular flexibility index (Phi) is 6.81. The number of nitrogens with zero attached hydrogens (tertiary/aromatic N) is 4. The third-order valence-corrected chi connectivity index (χ3v) is 5.13. The molecule has 4 rings (SSSR count). The molecule has 0 spiro atoms. The van der Waals surface area contributed by atoms with Crippen LogP contribution in [0.2, 0.25) is 5.02 Å². The highest BCUT2D eigenvalue weighted by Crippen LogP contribution is 2.32. The molecule has 0 aliphatic carbocycles. The summed E-state index contributed by atoms with van der Waals surface area (Å²) < 4.78 is 15.8. The fraction of sp³-hybridized carbons (Fsp3) is 0.250. The zero-order valence-corrected chi connectivity index (χ0v) is 19.0. The number of benzene rings is 1. The van der Waals surface area contributed by atoms with E-state index in [0.717, 1.165) is 5.39 Å². The van der Waals surface area contributed by atoms with Crippen molar-refractivity contribution in [3.05, 3.63) is 75.4 Å². The molecule has 31 heavy (non-hydrogen) atoms. The van der Waals surface area contributed by atoms with E-state index in [2.05, 4.69) is 15.0 Å². The monoisotopic (exact) mass is 438 g/mol. The van der Waals surface area contributed by atoms with E-state index in [1.54, 1.807) is 61.0 Å². The molecule has 0 radical (unpaired) electrons. The third kappa shape index (κ3) is 4.35. The van der Waals surface area contributed by atoms with Crippen molar-refractivity contribution < 1.29 is 4.39 Å². The molecule has 3 heterocycles. The zero-order valence-electron chi connectivity index (χ0n) is 18.2. The Morgan fingerprint density at radius 2 is 1.71 bits per heavy atom. The minimum absolute atomic E-state index is 0.184. The van der Waals surface area contributed by atoms with Gasteiger partial charge in [-0.2, -0.15) is 4.39 Å². The smallest absolute Gasteiger partial charge is 0.260 e. The lowest BCUT2D eigenvalue weighted by Gasteiger charge is -2.12. The van der Waals surface area contributed by atoms with Crippen LogP contribution in [0.4, 0.5) is 4.39 Å². The average molecular weight is 439 g/mol. The first-order valence-corrected chi connectivity index (χ1v) is 10.6. The Balaban J connectivity index is 0.00000132. The maximum absolute atomic E-state index is 14.2. The van der Waals surface area contributed by atoms with Gasteiger partial charge in [0.05, 0.1) is 0 Å². The molecule has 3 aromatic heterocycles. The predicted octanol–water partition coefficient (Wildman–Crippen LogP) is 5.98. The molecular weight excluding hydrogens is 415 g/mol. The second kappa shape index (κ2) is 9.35. The van der Waals surface area contributed by atoms with Crippen LogP contribution in [0.25, 0.3) is 33.3 Å². The van der Waals surface area contributed by atoms with Gasteiger partial charge in [-0.3, -0.25) is 9.36 Å². The first kappa shape index (κ1) is 22.6. The maximum atomic E-state index is 14.2. The van der Waals surface area contributed by atoms with Crippen molar-refractivity contribution in [3.8, 4) is 22.3 Å². The molecule has 0 fully saturated rings. The van der Waals surface area contributed by atoms with E-state index in [4.69, 9.17) is 11.6 Å². The van der Waals surface area contributed by atoms with E-state index < -0.39 is 5.95 Å². The summed E-state index contributed by atoms with van der Waals surface area (Å²) in [5.41, 5.74) is 2.99. The number of hydrogen-bond acceptors (Lipinski definition) is 4. The van der Waals surface area contributed by atoms with Gasteiger partial charge in [-0.05, 0) is 50.6 Å². The molecule has 0 aliphatic rings. The van der Waals surface area contributed by atoms with Crippen LogP contribution in [0, 0.1) is 19.8 Å². The molecule has 0 saturated carbocycles. The highest BCUT2D eigenvalue weighted by molar-refractivity contribution is 6.33. The van der Waals surface area contributed by atoms with E-state index in [1.165, 1.54) is 0 Å². The summed E-state index contributed by atoms with van der Waals surface area (Å²) in [5.74, 6) is 0.0448. The summed E-state index contributed by atoms with van der Waals surface area (Å²) >= 11 is 6.52. The quantitative estimate of drug-likeness (QED) is 0.369. The molecule has 0 saturated heterocycles. The van der Waals surface area contributed by atoms with Gasteiger partial charge in [-0.1, -0.05) is 37.6 Å². The molecule has 0 atom stereocenters. The molecule has 0 amide bonds. The molecular formula is C24H24ClFN4O. The van der Waals surface area contributed by atoms with Gasteiger partial charge in [-0.15, -0.1) is 0 Å². The van der Waals surface area contributed by atoms with Crippen molar-refractivity contribution in [2.75, 3.05) is 0 Å². The van der Waals surface area contributed by atoms with Crippen LogP contribution in [0.15, 0.2) is 47.4 Å². The van der Waals surface area contributed by atoms with Crippen LogP contribution in [-0.2, 0) is 6.54 Å². The van der Waals surface area contributed by atoms with Crippen LogP contribution in [0.3, 0.4) is 0 Å². The summed E-state index contributed by atoms with van der Waals surface area (Å²) in [6.45, 7) is 9.87.